The number of carbonyl (C=O) groups is 2. The van der Waals surface area contributed by atoms with Crippen LogP contribution in [0.1, 0.15) is 30.3 Å². The fraction of sp³-hybridized carbons (Fsp3) is 0.571. The van der Waals surface area contributed by atoms with Gasteiger partial charge in [-0.15, -0.1) is 0 Å². The van der Waals surface area contributed by atoms with Gasteiger partial charge in [0, 0.05) is 19.2 Å². The number of esters is 1. The Kier molecular flexibility index (Phi) is 5.08. The second kappa shape index (κ2) is 7.01. The molecule has 2 heterocycles. The van der Waals surface area contributed by atoms with E-state index in [4.69, 9.17) is 9.47 Å². The van der Waals surface area contributed by atoms with E-state index in [2.05, 4.69) is 9.97 Å². The molecule has 0 aromatic carbocycles. The van der Waals surface area contributed by atoms with E-state index in [-0.39, 0.29) is 23.5 Å². The van der Waals surface area contributed by atoms with Crippen LogP contribution < -0.4 is 4.74 Å². The van der Waals surface area contributed by atoms with Crippen LogP contribution in [0.4, 0.5) is 0 Å². The van der Waals surface area contributed by atoms with Crippen molar-refractivity contribution in [1.82, 2.24) is 14.9 Å². The van der Waals surface area contributed by atoms with Crippen molar-refractivity contribution in [3.63, 3.8) is 0 Å². The minimum absolute atomic E-state index is 0.218. The molecule has 1 unspecified atom stereocenters. The first kappa shape index (κ1) is 15.2. The van der Waals surface area contributed by atoms with Crippen LogP contribution in [0.2, 0.25) is 0 Å². The van der Waals surface area contributed by atoms with Crippen LogP contribution in [0, 0.1) is 5.92 Å². The van der Waals surface area contributed by atoms with E-state index in [1.807, 2.05) is 0 Å². The van der Waals surface area contributed by atoms with Crippen molar-refractivity contribution in [2.45, 2.75) is 19.8 Å². The average molecular weight is 293 g/mol. The van der Waals surface area contributed by atoms with E-state index in [0.717, 1.165) is 12.8 Å². The van der Waals surface area contributed by atoms with Crippen LogP contribution in [0.15, 0.2) is 12.4 Å². The third kappa shape index (κ3) is 3.68. The number of hydrogen-bond donors (Lipinski definition) is 0. The summed E-state index contributed by atoms with van der Waals surface area (Å²) < 4.78 is 10.0. The highest BCUT2D eigenvalue weighted by Gasteiger charge is 2.30. The summed E-state index contributed by atoms with van der Waals surface area (Å²) in [7, 11) is 1.48. The fourth-order valence-corrected chi connectivity index (χ4v) is 2.34. The molecule has 0 bridgehead atoms. The van der Waals surface area contributed by atoms with Crippen molar-refractivity contribution in [1.29, 1.82) is 0 Å². The first-order valence-electron chi connectivity index (χ1n) is 6.97. The zero-order valence-electron chi connectivity index (χ0n) is 12.2. The lowest BCUT2D eigenvalue weighted by Crippen LogP contribution is -2.43. The summed E-state index contributed by atoms with van der Waals surface area (Å²) in [5.74, 6) is -0.376. The Morgan fingerprint density at radius 3 is 2.95 bits per heavy atom. The summed E-state index contributed by atoms with van der Waals surface area (Å²) in [6.45, 7) is 3.11. The zero-order valence-corrected chi connectivity index (χ0v) is 12.2. The van der Waals surface area contributed by atoms with Crippen LogP contribution in [0.3, 0.4) is 0 Å². The first-order valence-corrected chi connectivity index (χ1v) is 6.97. The zero-order chi connectivity index (χ0) is 15.2. The molecule has 2 rings (SSSR count). The quantitative estimate of drug-likeness (QED) is 0.767. The van der Waals surface area contributed by atoms with Crippen LogP contribution in [0.25, 0.3) is 0 Å². The first-order chi connectivity index (χ1) is 10.2. The van der Waals surface area contributed by atoms with Crippen LogP contribution in [-0.4, -0.2) is 53.6 Å². The molecule has 0 spiro atoms. The van der Waals surface area contributed by atoms with Crippen LogP contribution >= 0.6 is 0 Å². The Bertz CT molecular complexity index is 521. The number of likely N-dealkylation sites (tertiary alicyclic amines) is 1. The SMILES string of the molecule is CCOC(=O)C1CCCN(C(=O)c2cc(OC)ncn2)C1. The molecule has 114 valence electrons. The Hall–Kier alpha value is -2.18. The third-order valence-corrected chi connectivity index (χ3v) is 3.40. The number of methoxy groups -OCH3 is 1. The van der Waals surface area contributed by atoms with Crippen molar-refractivity contribution in [2.75, 3.05) is 26.8 Å². The highest BCUT2D eigenvalue weighted by atomic mass is 16.5. The molecule has 1 aliphatic rings. The maximum Gasteiger partial charge on any atom is 0.310 e. The maximum absolute atomic E-state index is 12.4. The van der Waals surface area contributed by atoms with E-state index in [9.17, 15) is 9.59 Å². The Balaban J connectivity index is 2.06. The lowest BCUT2D eigenvalue weighted by Gasteiger charge is -2.31. The highest BCUT2D eigenvalue weighted by molar-refractivity contribution is 5.93. The number of rotatable bonds is 4. The molecule has 1 aromatic heterocycles. The molecule has 1 aromatic rings. The number of ether oxygens (including phenoxy) is 2. The van der Waals surface area contributed by atoms with Gasteiger partial charge in [-0.1, -0.05) is 0 Å². The summed E-state index contributed by atoms with van der Waals surface area (Å²) in [6, 6.07) is 1.50. The molecule has 1 atom stereocenters. The van der Waals surface area contributed by atoms with Gasteiger partial charge < -0.3 is 14.4 Å². The molecule has 1 fully saturated rings. The van der Waals surface area contributed by atoms with Crippen molar-refractivity contribution in [2.24, 2.45) is 5.92 Å². The monoisotopic (exact) mass is 293 g/mol. The smallest absolute Gasteiger partial charge is 0.310 e. The molecule has 1 aliphatic heterocycles. The Labute approximate surface area is 123 Å². The molecule has 0 saturated carbocycles. The number of amides is 1. The highest BCUT2D eigenvalue weighted by Crippen LogP contribution is 2.20. The molecule has 1 saturated heterocycles. The summed E-state index contributed by atoms with van der Waals surface area (Å²) in [5, 5.41) is 0. The van der Waals surface area contributed by atoms with E-state index in [0.29, 0.717) is 25.6 Å². The summed E-state index contributed by atoms with van der Waals surface area (Å²) in [6.07, 6.45) is 2.81. The van der Waals surface area contributed by atoms with Gasteiger partial charge in [-0.3, -0.25) is 9.59 Å². The van der Waals surface area contributed by atoms with Crippen molar-refractivity contribution in [3.05, 3.63) is 18.1 Å². The van der Waals surface area contributed by atoms with Gasteiger partial charge in [-0.2, -0.15) is 0 Å². The number of carbonyl (C=O) groups excluding carboxylic acids is 2. The van der Waals surface area contributed by atoms with Gasteiger partial charge in [-0.25, -0.2) is 9.97 Å². The average Bonchev–Trinajstić information content (AvgIpc) is 2.54. The van der Waals surface area contributed by atoms with Crippen molar-refractivity contribution < 1.29 is 19.1 Å². The van der Waals surface area contributed by atoms with Crippen molar-refractivity contribution >= 4 is 11.9 Å². The number of nitrogens with zero attached hydrogens (tertiary/aromatic N) is 3. The van der Waals surface area contributed by atoms with E-state index in [1.54, 1.807) is 11.8 Å². The normalized spacial score (nSPS) is 18.2. The second-order valence-corrected chi connectivity index (χ2v) is 4.79. The summed E-state index contributed by atoms with van der Waals surface area (Å²) in [5.41, 5.74) is 0.270. The van der Waals surface area contributed by atoms with E-state index in [1.165, 1.54) is 19.5 Å². The van der Waals surface area contributed by atoms with Crippen molar-refractivity contribution in [3.8, 4) is 5.88 Å². The third-order valence-electron chi connectivity index (χ3n) is 3.40. The molecule has 7 nitrogen and oxygen atoms in total. The minimum Gasteiger partial charge on any atom is -0.481 e. The number of aromatic nitrogens is 2. The lowest BCUT2D eigenvalue weighted by molar-refractivity contribution is -0.149. The number of piperidine rings is 1. The minimum atomic E-state index is -0.258. The van der Waals surface area contributed by atoms with E-state index < -0.39 is 0 Å². The molecule has 0 radical (unpaired) electrons. The van der Waals surface area contributed by atoms with Gasteiger partial charge in [0.05, 0.1) is 19.6 Å². The maximum atomic E-state index is 12.4. The molecule has 0 aliphatic carbocycles. The molecule has 0 N–H and O–H groups in total. The predicted octanol–water partition coefficient (Wildman–Crippen LogP) is 0.901. The topological polar surface area (TPSA) is 81.6 Å². The largest absolute Gasteiger partial charge is 0.481 e. The summed E-state index contributed by atoms with van der Waals surface area (Å²) >= 11 is 0. The molecule has 7 heteroatoms. The Morgan fingerprint density at radius 1 is 1.43 bits per heavy atom. The van der Waals surface area contributed by atoms with Gasteiger partial charge in [0.2, 0.25) is 5.88 Å². The van der Waals surface area contributed by atoms with Gasteiger partial charge in [-0.05, 0) is 19.8 Å². The second-order valence-electron chi connectivity index (χ2n) is 4.79. The van der Waals surface area contributed by atoms with Crippen LogP contribution in [0.5, 0.6) is 5.88 Å². The molecule has 21 heavy (non-hydrogen) atoms. The van der Waals surface area contributed by atoms with Gasteiger partial charge in [0.25, 0.3) is 5.91 Å². The Morgan fingerprint density at radius 2 is 2.24 bits per heavy atom. The summed E-state index contributed by atoms with van der Waals surface area (Å²) in [4.78, 5) is 33.7. The van der Waals surface area contributed by atoms with Crippen LogP contribution in [-0.2, 0) is 9.53 Å². The predicted molar refractivity (Wildman–Crippen MR) is 73.8 cm³/mol. The van der Waals surface area contributed by atoms with Gasteiger partial charge in [0.15, 0.2) is 0 Å². The number of hydrogen-bond acceptors (Lipinski definition) is 6. The van der Waals surface area contributed by atoms with Gasteiger partial charge in [0.1, 0.15) is 12.0 Å². The standard InChI is InChI=1S/C14H19N3O4/c1-3-21-14(19)10-5-4-6-17(8-10)13(18)11-7-12(20-2)16-9-15-11/h7,9-10H,3-6,8H2,1-2H3. The molecular weight excluding hydrogens is 274 g/mol. The van der Waals surface area contributed by atoms with E-state index >= 15 is 0 Å². The lowest BCUT2D eigenvalue weighted by atomic mass is 9.98. The molecule has 1 amide bonds. The molecular formula is C14H19N3O4. The fourth-order valence-electron chi connectivity index (χ4n) is 2.34. The van der Waals surface area contributed by atoms with Gasteiger partial charge >= 0.3 is 5.97 Å².